The summed E-state index contributed by atoms with van der Waals surface area (Å²) in [5.41, 5.74) is 1.96. The van der Waals surface area contributed by atoms with Gasteiger partial charge in [-0.15, -0.1) is 13.1 Å². The van der Waals surface area contributed by atoms with Crippen molar-refractivity contribution in [1.82, 2.24) is 5.32 Å². The third-order valence-corrected chi connectivity index (χ3v) is 5.41. The molecule has 1 N–H and O–H groups in total. The quantitative estimate of drug-likeness (QED) is 0.538. The van der Waals surface area contributed by atoms with Crippen LogP contribution in [0.15, 0.2) is 24.3 Å². The van der Waals surface area contributed by atoms with Gasteiger partial charge in [-0.1, -0.05) is 37.8 Å². The Morgan fingerprint density at radius 2 is 1.62 bits per heavy atom. The van der Waals surface area contributed by atoms with E-state index in [4.69, 9.17) is 0 Å². The fourth-order valence-corrected chi connectivity index (χ4v) is 3.93. The van der Waals surface area contributed by atoms with Gasteiger partial charge >= 0.3 is 0 Å². The Kier molecular flexibility index (Phi) is 10.8. The first-order valence-corrected chi connectivity index (χ1v) is 9.05. The number of hydrogen-bond acceptors (Lipinski definition) is 2. The summed E-state index contributed by atoms with van der Waals surface area (Å²) in [6.07, 6.45) is 5.99. The van der Waals surface area contributed by atoms with E-state index in [0.717, 1.165) is 51.6 Å². The summed E-state index contributed by atoms with van der Waals surface area (Å²) in [5.74, 6) is 0.287. The molecule has 1 aliphatic heterocycles. The second-order valence-corrected chi connectivity index (χ2v) is 7.00. The fourth-order valence-electron chi connectivity index (χ4n) is 3.93. The van der Waals surface area contributed by atoms with Gasteiger partial charge < -0.3 is 22.4 Å². The maximum Gasteiger partial charge on any atom is 0.251 e. The topological polar surface area (TPSA) is 60.3 Å². The number of carbonyl (C=O) groups is 2. The van der Waals surface area contributed by atoms with Gasteiger partial charge in [0.15, 0.2) is 0 Å². The molecular weight excluding hydrogens is 573 g/mol. The molecular formula is C20H26N2O2WY-2. The van der Waals surface area contributed by atoms with Crippen molar-refractivity contribution in [1.29, 1.82) is 0 Å². The number of nitrogens with zero attached hydrogens (tertiary/aromatic N) is 1. The van der Waals surface area contributed by atoms with E-state index in [-0.39, 0.29) is 77.4 Å². The SMILES string of the molecule is [CH2-]C(=O)[C@@H]1CCCC[C@@H]1NC(=O)c1ccc(C2CC[N-]CC2)cc1.[W].[Y]. The molecule has 0 bridgehead atoms. The van der Waals surface area contributed by atoms with Gasteiger partial charge in [-0.05, 0) is 36.5 Å². The van der Waals surface area contributed by atoms with E-state index in [1.807, 2.05) is 12.1 Å². The number of benzene rings is 1. The van der Waals surface area contributed by atoms with Crippen molar-refractivity contribution in [3.63, 3.8) is 0 Å². The first-order valence-electron chi connectivity index (χ1n) is 9.05. The number of piperidine rings is 1. The molecule has 1 radical (unpaired) electrons. The monoisotopic (exact) mass is 599 g/mol. The molecule has 1 heterocycles. The van der Waals surface area contributed by atoms with E-state index in [0.29, 0.717) is 11.5 Å². The van der Waals surface area contributed by atoms with Crippen LogP contribution in [0.2, 0.25) is 0 Å². The van der Waals surface area contributed by atoms with Crippen molar-refractivity contribution >= 4 is 11.7 Å². The van der Waals surface area contributed by atoms with Crippen molar-refractivity contribution in [2.24, 2.45) is 5.92 Å². The zero-order valence-corrected chi connectivity index (χ0v) is 20.9. The number of Topliss-reactive ketones (excluding diaryl/α,β-unsaturated/α-hetero) is 1. The maximum absolute atomic E-state index is 12.5. The van der Waals surface area contributed by atoms with Crippen LogP contribution in [0.3, 0.4) is 0 Å². The van der Waals surface area contributed by atoms with Crippen molar-refractivity contribution in [3.8, 4) is 0 Å². The molecule has 1 aliphatic carbocycles. The minimum absolute atomic E-state index is 0. The van der Waals surface area contributed by atoms with E-state index in [2.05, 4.69) is 29.7 Å². The van der Waals surface area contributed by atoms with E-state index < -0.39 is 0 Å². The van der Waals surface area contributed by atoms with Gasteiger partial charge in [-0.25, -0.2) is 0 Å². The van der Waals surface area contributed by atoms with E-state index in [1.54, 1.807) is 0 Å². The van der Waals surface area contributed by atoms with E-state index in [9.17, 15) is 9.59 Å². The molecule has 2 atom stereocenters. The minimum Gasteiger partial charge on any atom is -0.662 e. The second kappa shape index (κ2) is 11.7. The van der Waals surface area contributed by atoms with E-state index >= 15 is 0 Å². The molecule has 0 spiro atoms. The van der Waals surface area contributed by atoms with Gasteiger partial charge in [0, 0.05) is 77.1 Å². The van der Waals surface area contributed by atoms with Gasteiger partial charge in [0.05, 0.1) is 0 Å². The molecule has 1 aromatic rings. The first-order chi connectivity index (χ1) is 11.6. The number of nitrogens with one attached hydrogen (secondary N) is 1. The van der Waals surface area contributed by atoms with Gasteiger partial charge in [0.1, 0.15) is 0 Å². The standard InChI is InChI=1S/C20H26N2O2.W.Y/c1-14(23)18-4-2-3-5-19(18)22-20(24)17-8-6-15(7-9-17)16-10-12-21-13-11-16;;/h6-9,16,18-19H,1-5,10-13H2,(H,22,24);;/q-2;;/t18-,19-;;/m0../s1. The summed E-state index contributed by atoms with van der Waals surface area (Å²) in [5, 5.41) is 7.44. The van der Waals surface area contributed by atoms with Gasteiger partial charge in [0.25, 0.3) is 5.91 Å². The maximum atomic E-state index is 12.5. The number of rotatable bonds is 4. The van der Waals surface area contributed by atoms with Crippen LogP contribution in [0.5, 0.6) is 0 Å². The Morgan fingerprint density at radius 1 is 1.00 bits per heavy atom. The van der Waals surface area contributed by atoms with Crippen LogP contribution in [0, 0.1) is 12.8 Å². The largest absolute Gasteiger partial charge is 0.662 e. The zero-order chi connectivity index (χ0) is 16.9. The van der Waals surface area contributed by atoms with Crippen LogP contribution in [-0.2, 0) is 58.6 Å². The van der Waals surface area contributed by atoms with Crippen LogP contribution in [0.4, 0.5) is 0 Å². The average molecular weight is 599 g/mol. The molecule has 1 amide bonds. The summed E-state index contributed by atoms with van der Waals surface area (Å²) in [6, 6.07) is 7.86. The average Bonchev–Trinajstić information content (AvgIpc) is 2.63. The molecule has 4 nitrogen and oxygen atoms in total. The Bertz CT molecular complexity index is 588. The van der Waals surface area contributed by atoms with Crippen molar-refractivity contribution in [3.05, 3.63) is 47.6 Å². The summed E-state index contributed by atoms with van der Waals surface area (Å²) in [4.78, 5) is 24.2. The molecule has 139 valence electrons. The number of carbonyl (C=O) groups excluding carboxylic acids is 2. The normalized spacial score (nSPS) is 23.2. The second-order valence-electron chi connectivity index (χ2n) is 7.00. The number of ketones is 1. The molecule has 2 aliphatic rings. The molecule has 3 rings (SSSR count). The Labute approximate surface area is 196 Å². The number of amides is 1. The van der Waals surface area contributed by atoms with E-state index in [1.165, 1.54) is 5.56 Å². The first kappa shape index (κ1) is 24.0. The molecule has 6 heteroatoms. The predicted molar refractivity (Wildman–Crippen MR) is 95.1 cm³/mol. The van der Waals surface area contributed by atoms with Crippen LogP contribution in [-0.4, -0.2) is 30.8 Å². The van der Waals surface area contributed by atoms with Gasteiger partial charge in [-0.3, -0.25) is 4.79 Å². The summed E-state index contributed by atoms with van der Waals surface area (Å²) in [7, 11) is 0. The summed E-state index contributed by atoms with van der Waals surface area (Å²) in [6.45, 7) is 5.44. The third-order valence-electron chi connectivity index (χ3n) is 5.41. The van der Waals surface area contributed by atoms with Crippen molar-refractivity contribution < 1.29 is 63.4 Å². The third kappa shape index (κ3) is 6.26. The van der Waals surface area contributed by atoms with Crippen LogP contribution in [0.25, 0.3) is 5.32 Å². The van der Waals surface area contributed by atoms with Crippen molar-refractivity contribution in [2.75, 3.05) is 13.1 Å². The zero-order valence-electron chi connectivity index (χ0n) is 15.2. The van der Waals surface area contributed by atoms with Crippen LogP contribution >= 0.6 is 0 Å². The molecule has 2 fully saturated rings. The Morgan fingerprint density at radius 3 is 2.23 bits per heavy atom. The van der Waals surface area contributed by atoms with Crippen molar-refractivity contribution in [2.45, 2.75) is 50.5 Å². The van der Waals surface area contributed by atoms with Crippen LogP contribution < -0.4 is 5.32 Å². The molecule has 0 unspecified atom stereocenters. The smallest absolute Gasteiger partial charge is 0.251 e. The molecule has 1 saturated heterocycles. The fraction of sp³-hybridized carbons (Fsp3) is 0.550. The Hall–Kier alpha value is -0.0178. The molecule has 1 saturated carbocycles. The molecule has 0 aromatic heterocycles. The summed E-state index contributed by atoms with van der Waals surface area (Å²) >= 11 is 0. The Balaban J connectivity index is 0.00000169. The molecule has 26 heavy (non-hydrogen) atoms. The minimum atomic E-state index is -0.132. The van der Waals surface area contributed by atoms with Gasteiger partial charge in [0.2, 0.25) is 0 Å². The molecule has 1 aromatic carbocycles. The van der Waals surface area contributed by atoms with Gasteiger partial charge in [-0.2, -0.15) is 0 Å². The summed E-state index contributed by atoms with van der Waals surface area (Å²) < 4.78 is 0. The predicted octanol–water partition coefficient (Wildman–Crippen LogP) is 3.62. The number of hydrogen-bond donors (Lipinski definition) is 1. The van der Waals surface area contributed by atoms with Crippen LogP contribution in [0.1, 0.15) is 60.4 Å².